The predicted molar refractivity (Wildman–Crippen MR) is 74.0 cm³/mol. The van der Waals surface area contributed by atoms with Gasteiger partial charge in [0.15, 0.2) is 0 Å². The van der Waals surface area contributed by atoms with Gasteiger partial charge in [0, 0.05) is 0 Å². The second-order valence-electron chi connectivity index (χ2n) is 5.00. The third kappa shape index (κ3) is 4.13. The van der Waals surface area contributed by atoms with E-state index in [1.807, 2.05) is 18.2 Å². The highest BCUT2D eigenvalue weighted by molar-refractivity contribution is 7.83. The molecule has 96 valence electrons. The summed E-state index contributed by atoms with van der Waals surface area (Å²) < 4.78 is 11.5. The van der Waals surface area contributed by atoms with Crippen molar-refractivity contribution < 1.29 is 9.46 Å². The third-order valence-electron chi connectivity index (χ3n) is 2.85. The monoisotopic (exact) mass is 274 g/mol. The molecule has 0 aliphatic rings. The summed E-state index contributed by atoms with van der Waals surface area (Å²) in [6, 6.07) is 6.03. The van der Waals surface area contributed by atoms with Crippen LogP contribution in [0.25, 0.3) is 0 Å². The molecule has 0 fully saturated rings. The van der Waals surface area contributed by atoms with Gasteiger partial charge in [-0.15, -0.1) is 0 Å². The van der Waals surface area contributed by atoms with Crippen molar-refractivity contribution >= 4 is 18.0 Å². The Balaban J connectivity index is 3.34. The zero-order valence-electron chi connectivity index (χ0n) is 10.8. The van der Waals surface area contributed by atoms with Gasteiger partial charge in [-0.2, -0.15) is 0 Å². The van der Waals surface area contributed by atoms with Crippen LogP contribution in [0.3, 0.4) is 0 Å². The molecule has 1 N–H and O–H groups in total. The normalized spacial score (nSPS) is 15.3. The first-order chi connectivity index (χ1) is 7.72. The molecule has 1 atom stereocenters. The van der Waals surface area contributed by atoms with Crippen molar-refractivity contribution in [2.75, 3.05) is 0 Å². The van der Waals surface area contributed by atoms with Crippen LogP contribution in [0.15, 0.2) is 18.2 Å². The van der Waals surface area contributed by atoms with Gasteiger partial charge in [0.25, 0.3) is 6.72 Å². The van der Waals surface area contributed by atoms with Gasteiger partial charge in [-0.25, -0.2) is 0 Å². The van der Waals surface area contributed by atoms with Crippen LogP contribution in [-0.4, -0.2) is 4.89 Å². The molecule has 1 rings (SSSR count). The van der Waals surface area contributed by atoms with Gasteiger partial charge >= 0.3 is 0 Å². The molecule has 0 aromatic heterocycles. The van der Waals surface area contributed by atoms with Crippen molar-refractivity contribution in [1.29, 1.82) is 0 Å². The molecule has 1 aromatic carbocycles. The van der Waals surface area contributed by atoms with Gasteiger partial charge in [0.05, 0.1) is 6.16 Å². The molecule has 0 aliphatic carbocycles. The lowest BCUT2D eigenvalue weighted by Crippen LogP contribution is -2.03. The van der Waals surface area contributed by atoms with Crippen LogP contribution >= 0.6 is 18.0 Å². The lowest BCUT2D eigenvalue weighted by molar-refractivity contribution is 0.494. The Hall–Kier alpha value is -0.300. The Labute approximate surface area is 108 Å². The fourth-order valence-electron chi connectivity index (χ4n) is 2.08. The molecule has 0 heterocycles. The van der Waals surface area contributed by atoms with Crippen LogP contribution in [0.5, 0.6) is 0 Å². The summed E-state index contributed by atoms with van der Waals surface area (Å²) in [4.78, 5) is 9.40. The molecular formula is C13H20ClO2P. The smallest absolute Gasteiger partial charge is 0.291 e. The number of hydrogen-bond acceptors (Lipinski definition) is 1. The van der Waals surface area contributed by atoms with Crippen molar-refractivity contribution in [3.63, 3.8) is 0 Å². The van der Waals surface area contributed by atoms with Gasteiger partial charge in [0.1, 0.15) is 0 Å². The van der Waals surface area contributed by atoms with Gasteiger partial charge in [-0.1, -0.05) is 45.9 Å². The van der Waals surface area contributed by atoms with E-state index in [2.05, 4.69) is 27.7 Å². The van der Waals surface area contributed by atoms with E-state index in [1.54, 1.807) is 0 Å². The first kappa shape index (κ1) is 14.8. The summed E-state index contributed by atoms with van der Waals surface area (Å²) in [6.45, 7) is 4.78. The maximum atomic E-state index is 11.5. The van der Waals surface area contributed by atoms with Crippen LogP contribution in [0.1, 0.15) is 56.2 Å². The number of rotatable bonds is 4. The lowest BCUT2D eigenvalue weighted by Gasteiger charge is -2.19. The summed E-state index contributed by atoms with van der Waals surface area (Å²) in [6.07, 6.45) is 0.0520. The van der Waals surface area contributed by atoms with Gasteiger partial charge in [-0.3, -0.25) is 4.57 Å². The summed E-state index contributed by atoms with van der Waals surface area (Å²) in [5, 5.41) is 0. The Kier molecular flexibility index (Phi) is 4.83. The molecule has 0 saturated carbocycles. The molecule has 0 bridgehead atoms. The molecule has 4 heteroatoms. The number of benzene rings is 1. The quantitative estimate of drug-likeness (QED) is 0.796. The van der Waals surface area contributed by atoms with Crippen molar-refractivity contribution in [1.82, 2.24) is 0 Å². The van der Waals surface area contributed by atoms with Gasteiger partial charge in [-0.05, 0) is 39.8 Å². The zero-order chi connectivity index (χ0) is 13.2. The molecule has 0 amide bonds. The zero-order valence-corrected chi connectivity index (χ0v) is 12.4. The van der Waals surface area contributed by atoms with Gasteiger partial charge < -0.3 is 4.89 Å². The Bertz CT molecular complexity index is 409. The van der Waals surface area contributed by atoms with E-state index >= 15 is 0 Å². The minimum atomic E-state index is -3.55. The first-order valence-corrected chi connectivity index (χ1v) is 8.60. The molecule has 0 saturated heterocycles. The lowest BCUT2D eigenvalue weighted by atomic mass is 9.90. The largest absolute Gasteiger partial charge is 0.333 e. The Morgan fingerprint density at radius 3 is 1.88 bits per heavy atom. The van der Waals surface area contributed by atoms with Crippen LogP contribution < -0.4 is 0 Å². The molecule has 0 radical (unpaired) electrons. The predicted octanol–water partition coefficient (Wildman–Crippen LogP) is 4.86. The van der Waals surface area contributed by atoms with Crippen LogP contribution in [0.4, 0.5) is 0 Å². The maximum Gasteiger partial charge on any atom is 0.291 e. The summed E-state index contributed by atoms with van der Waals surface area (Å²) >= 11 is 5.53. The number of halogens is 1. The highest BCUT2D eigenvalue weighted by Gasteiger charge is 2.21. The van der Waals surface area contributed by atoms with Crippen molar-refractivity contribution in [2.24, 2.45) is 0 Å². The molecule has 2 nitrogen and oxygen atoms in total. The fraction of sp³-hybridized carbons (Fsp3) is 0.538. The minimum Gasteiger partial charge on any atom is -0.333 e. The Morgan fingerprint density at radius 1 is 1.18 bits per heavy atom. The topological polar surface area (TPSA) is 37.3 Å². The van der Waals surface area contributed by atoms with E-state index in [0.717, 1.165) is 16.7 Å². The van der Waals surface area contributed by atoms with Gasteiger partial charge in [0.2, 0.25) is 0 Å². The van der Waals surface area contributed by atoms with Crippen molar-refractivity contribution in [3.05, 3.63) is 34.9 Å². The summed E-state index contributed by atoms with van der Waals surface area (Å²) in [5.74, 6) is 0.652. The second kappa shape index (κ2) is 5.56. The summed E-state index contributed by atoms with van der Waals surface area (Å²) in [7, 11) is 0. The van der Waals surface area contributed by atoms with E-state index in [1.165, 1.54) is 0 Å². The molecule has 1 unspecified atom stereocenters. The van der Waals surface area contributed by atoms with Crippen molar-refractivity contribution in [2.45, 2.75) is 45.7 Å². The van der Waals surface area contributed by atoms with Crippen LogP contribution in [-0.2, 0) is 10.7 Å². The SMILES string of the molecule is CC(C)c1cccc(C(C)C)c1CP(=O)(O)Cl. The van der Waals surface area contributed by atoms with E-state index in [4.69, 9.17) is 11.2 Å². The molecular weight excluding hydrogens is 255 g/mol. The standard InChI is InChI=1S/C13H20ClO2P/c1-9(2)11-6-5-7-12(10(3)4)13(11)8-17(14,15)16/h5-7,9-10H,8H2,1-4H3,(H,15,16). The van der Waals surface area contributed by atoms with Crippen LogP contribution in [0.2, 0.25) is 0 Å². The average molecular weight is 275 g/mol. The first-order valence-electron chi connectivity index (χ1n) is 5.85. The fourth-order valence-corrected chi connectivity index (χ4v) is 3.20. The van der Waals surface area contributed by atoms with Crippen LogP contribution in [0, 0.1) is 0 Å². The minimum absolute atomic E-state index is 0.0520. The molecule has 0 aliphatic heterocycles. The second-order valence-corrected chi connectivity index (χ2v) is 8.13. The molecule has 17 heavy (non-hydrogen) atoms. The van der Waals surface area contributed by atoms with Crippen molar-refractivity contribution in [3.8, 4) is 0 Å². The van der Waals surface area contributed by atoms with E-state index in [0.29, 0.717) is 11.8 Å². The van der Waals surface area contributed by atoms with E-state index in [9.17, 15) is 9.46 Å². The Morgan fingerprint density at radius 2 is 1.59 bits per heavy atom. The van der Waals surface area contributed by atoms with E-state index in [-0.39, 0.29) is 6.16 Å². The average Bonchev–Trinajstić information content (AvgIpc) is 2.14. The highest BCUT2D eigenvalue weighted by Crippen LogP contribution is 2.51. The molecule has 0 spiro atoms. The summed E-state index contributed by atoms with van der Waals surface area (Å²) in [5.41, 5.74) is 3.18. The molecule has 1 aromatic rings. The third-order valence-corrected chi connectivity index (χ3v) is 3.91. The highest BCUT2D eigenvalue weighted by atomic mass is 35.7. The van der Waals surface area contributed by atoms with E-state index < -0.39 is 6.72 Å². The number of hydrogen-bond donors (Lipinski definition) is 1. The maximum absolute atomic E-state index is 11.5.